The number of nitrogens with zero attached hydrogens (tertiary/aromatic N) is 2. The summed E-state index contributed by atoms with van der Waals surface area (Å²) >= 11 is 4.15. The van der Waals surface area contributed by atoms with Crippen molar-refractivity contribution in [3.63, 3.8) is 0 Å². The van der Waals surface area contributed by atoms with Crippen LogP contribution in [0, 0.1) is 0 Å². The predicted molar refractivity (Wildman–Crippen MR) is 289 cm³/mol. The van der Waals surface area contributed by atoms with Crippen molar-refractivity contribution < 1.29 is 0 Å². The maximum Gasteiger partial charge on any atom is 0.277 e. The minimum absolute atomic E-state index is 0.0143. The smallest absolute Gasteiger partial charge is 0.277 e. The fourth-order valence-corrected chi connectivity index (χ4v) is 17.5. The van der Waals surface area contributed by atoms with Gasteiger partial charge in [0, 0.05) is 53.2 Å². The second-order valence-corrected chi connectivity index (χ2v) is 21.4. The van der Waals surface area contributed by atoms with Crippen LogP contribution < -0.4 is 24.8 Å². The summed E-state index contributed by atoms with van der Waals surface area (Å²) in [4.78, 5) is 8.13. The van der Waals surface area contributed by atoms with E-state index in [0.29, 0.717) is 0 Å². The Balaban J connectivity index is 1.04. The average molecular weight is 909 g/mol. The molecule has 2 aliphatic heterocycles. The molecule has 4 heterocycles. The van der Waals surface area contributed by atoms with Crippen LogP contribution in [0.25, 0.3) is 44.5 Å². The van der Waals surface area contributed by atoms with Crippen LogP contribution in [-0.2, 0) is 10.8 Å². The molecule has 0 N–H and O–H groups in total. The lowest BCUT2D eigenvalue weighted by Crippen LogP contribution is -2.59. The lowest BCUT2D eigenvalue weighted by molar-refractivity contribution is 0.811. The molecule has 0 bridgehead atoms. The first-order valence-corrected chi connectivity index (χ1v) is 25.7. The number of anilines is 6. The Morgan fingerprint density at radius 1 is 0.304 bits per heavy atom. The third kappa shape index (κ3) is 4.18. The highest BCUT2D eigenvalue weighted by molar-refractivity contribution is 7.37. The molecular weight excluding hydrogens is 872 g/mol. The monoisotopic (exact) mass is 908 g/mol. The number of fused-ring (bicyclic) bond motifs is 26. The Morgan fingerprint density at radius 2 is 0.609 bits per heavy atom. The Labute approximate surface area is 408 Å². The molecule has 11 aromatic rings. The van der Waals surface area contributed by atoms with Gasteiger partial charge in [0.15, 0.2) is 0 Å². The molecule has 0 fully saturated rings. The summed E-state index contributed by atoms with van der Waals surface area (Å²) in [5, 5.41) is 0. The topological polar surface area (TPSA) is 6.48 Å². The molecule has 6 aliphatic rings. The minimum atomic E-state index is -0.455. The Bertz CT molecular complexity index is 3720. The van der Waals surface area contributed by atoms with Gasteiger partial charge >= 0.3 is 0 Å². The standard InChI is InChI=1S/C64H37BN2S2/c1-3-20-38(21-4-1)66-52-36-19-37-53-56(52)65(61-57(66)54-44-28-11-17-34-50(44)63(59(54)68-61)46-30-13-7-24-40(46)41-25-8-14-31-47(41)63)62-58(67(53)39-22-5-2-6-23-39)55-45-29-12-18-35-51(45)64(60(55)69-62)48-32-15-9-26-42(48)43-27-10-16-33-49(43)64/h1-37H. The number of para-hydroxylation sites is 2. The van der Waals surface area contributed by atoms with Crippen molar-refractivity contribution in [1.29, 1.82) is 0 Å². The van der Waals surface area contributed by atoms with Gasteiger partial charge in [-0.1, -0.05) is 188 Å². The summed E-state index contributed by atoms with van der Waals surface area (Å²) in [5.41, 5.74) is 27.0. The first-order chi connectivity index (χ1) is 34.3. The summed E-state index contributed by atoms with van der Waals surface area (Å²) < 4.78 is 2.84. The van der Waals surface area contributed by atoms with Gasteiger partial charge < -0.3 is 9.80 Å². The van der Waals surface area contributed by atoms with Gasteiger partial charge in [-0.15, -0.1) is 22.7 Å². The third-order valence-corrected chi connectivity index (χ3v) is 19.2. The normalized spacial score (nSPS) is 15.4. The number of hydrogen-bond donors (Lipinski definition) is 0. The summed E-state index contributed by atoms with van der Waals surface area (Å²) in [5.74, 6) is 0. The van der Waals surface area contributed by atoms with E-state index in [2.05, 4.69) is 257 Å². The first-order valence-electron chi connectivity index (χ1n) is 24.1. The maximum absolute atomic E-state index is 2.64. The lowest BCUT2D eigenvalue weighted by Gasteiger charge is -2.42. The SMILES string of the molecule is c1ccc(N2c3cccc4c3B(c3sc5c(c32)-c2ccccc2C52c3ccccc3-c3ccccc32)c2sc3c(c2N4c2ccccc2)-c2ccccc2C32c3ccccc3-c3ccccc32)cc1. The highest BCUT2D eigenvalue weighted by atomic mass is 32.1. The molecule has 0 saturated carbocycles. The molecule has 17 rings (SSSR count). The lowest BCUT2D eigenvalue weighted by atomic mass is 9.39. The zero-order chi connectivity index (χ0) is 44.7. The second kappa shape index (κ2) is 13.0. The quantitative estimate of drug-likeness (QED) is 0.160. The maximum atomic E-state index is 2.64. The van der Waals surface area contributed by atoms with Crippen molar-refractivity contribution >= 4 is 78.5 Å². The molecule has 69 heavy (non-hydrogen) atoms. The highest BCUT2D eigenvalue weighted by Crippen LogP contribution is 2.69. The van der Waals surface area contributed by atoms with Crippen LogP contribution in [0.2, 0.25) is 0 Å². The van der Waals surface area contributed by atoms with Crippen molar-refractivity contribution in [2.24, 2.45) is 0 Å². The fourth-order valence-electron chi connectivity index (χ4n) is 14.1. The Kier molecular flexibility index (Phi) is 6.97. The molecule has 0 radical (unpaired) electrons. The van der Waals surface area contributed by atoms with Crippen LogP contribution in [-0.4, -0.2) is 6.71 Å². The third-order valence-electron chi connectivity index (χ3n) is 16.4. The fraction of sp³-hybridized carbons (Fsp3) is 0.0312. The van der Waals surface area contributed by atoms with E-state index < -0.39 is 10.8 Å². The van der Waals surface area contributed by atoms with E-state index >= 15 is 0 Å². The summed E-state index contributed by atoms with van der Waals surface area (Å²) in [6.45, 7) is -0.0143. The van der Waals surface area contributed by atoms with Gasteiger partial charge in [-0.05, 0) is 109 Å². The molecule has 0 unspecified atom stereocenters. The minimum Gasteiger partial charge on any atom is -0.310 e. The summed E-state index contributed by atoms with van der Waals surface area (Å²) in [6.07, 6.45) is 0. The number of rotatable bonds is 2. The first kappa shape index (κ1) is 37.1. The van der Waals surface area contributed by atoms with E-state index in [-0.39, 0.29) is 6.71 Å². The molecular formula is C64H37BN2S2. The van der Waals surface area contributed by atoms with Gasteiger partial charge in [0.2, 0.25) is 0 Å². The van der Waals surface area contributed by atoms with Crippen LogP contribution in [0.5, 0.6) is 0 Å². The summed E-state index contributed by atoms with van der Waals surface area (Å²) in [6, 6.07) is 85.1. The highest BCUT2D eigenvalue weighted by Gasteiger charge is 2.60. The van der Waals surface area contributed by atoms with Gasteiger partial charge in [0.25, 0.3) is 6.71 Å². The van der Waals surface area contributed by atoms with E-state index in [1.807, 2.05) is 0 Å². The molecule has 0 atom stereocenters. The van der Waals surface area contributed by atoms with Crippen molar-refractivity contribution in [2.75, 3.05) is 9.80 Å². The van der Waals surface area contributed by atoms with Crippen molar-refractivity contribution in [1.82, 2.24) is 0 Å². The van der Waals surface area contributed by atoms with Crippen molar-refractivity contribution in [3.05, 3.63) is 268 Å². The van der Waals surface area contributed by atoms with Crippen LogP contribution in [0.15, 0.2) is 224 Å². The molecule has 2 spiro atoms. The number of benzene rings is 9. The predicted octanol–water partition coefficient (Wildman–Crippen LogP) is 14.6. The molecule has 0 amide bonds. The van der Waals surface area contributed by atoms with Crippen molar-refractivity contribution in [2.45, 2.75) is 10.8 Å². The zero-order valence-corrected chi connectivity index (χ0v) is 38.8. The largest absolute Gasteiger partial charge is 0.310 e. The molecule has 0 saturated heterocycles. The zero-order valence-electron chi connectivity index (χ0n) is 37.2. The Hall–Kier alpha value is -7.96. The molecule has 4 aliphatic carbocycles. The van der Waals surface area contributed by atoms with Gasteiger partial charge in [-0.2, -0.15) is 0 Å². The molecule has 318 valence electrons. The molecule has 2 nitrogen and oxygen atoms in total. The van der Waals surface area contributed by atoms with E-state index in [9.17, 15) is 0 Å². The van der Waals surface area contributed by atoms with E-state index in [0.717, 1.165) is 0 Å². The van der Waals surface area contributed by atoms with E-state index in [4.69, 9.17) is 0 Å². The van der Waals surface area contributed by atoms with Gasteiger partial charge in [0.05, 0.1) is 22.2 Å². The molecule has 5 heteroatoms. The van der Waals surface area contributed by atoms with Crippen molar-refractivity contribution in [3.8, 4) is 44.5 Å². The molecule has 9 aromatic carbocycles. The van der Waals surface area contributed by atoms with Gasteiger partial charge in [-0.3, -0.25) is 0 Å². The van der Waals surface area contributed by atoms with Crippen LogP contribution >= 0.6 is 22.7 Å². The second-order valence-electron chi connectivity index (χ2n) is 19.3. The van der Waals surface area contributed by atoms with Gasteiger partial charge in [-0.25, -0.2) is 0 Å². The number of hydrogen-bond acceptors (Lipinski definition) is 4. The van der Waals surface area contributed by atoms with Crippen LogP contribution in [0.1, 0.15) is 43.1 Å². The Morgan fingerprint density at radius 3 is 0.971 bits per heavy atom. The van der Waals surface area contributed by atoms with Crippen LogP contribution in [0.4, 0.5) is 34.1 Å². The molecule has 2 aromatic heterocycles. The summed E-state index contributed by atoms with van der Waals surface area (Å²) in [7, 11) is 0. The average Bonchev–Trinajstić information content (AvgIpc) is 4.25. The van der Waals surface area contributed by atoms with Crippen LogP contribution in [0.3, 0.4) is 0 Å². The van der Waals surface area contributed by atoms with Gasteiger partial charge in [0.1, 0.15) is 0 Å². The number of thiophene rings is 2. The van der Waals surface area contributed by atoms with E-state index in [1.165, 1.54) is 137 Å². The van der Waals surface area contributed by atoms with E-state index in [1.54, 1.807) is 0 Å².